The van der Waals surface area contributed by atoms with Gasteiger partial charge >= 0.3 is 0 Å². The van der Waals surface area contributed by atoms with Crippen molar-refractivity contribution in [2.75, 3.05) is 0 Å². The van der Waals surface area contributed by atoms with Crippen LogP contribution in [0.2, 0.25) is 0 Å². The van der Waals surface area contributed by atoms with E-state index in [1.54, 1.807) is 0 Å². The molecule has 12 heavy (non-hydrogen) atoms. The molecule has 0 saturated heterocycles. The fourth-order valence-corrected chi connectivity index (χ4v) is 1.82. The van der Waals surface area contributed by atoms with Gasteiger partial charge in [-0.15, -0.1) is 0 Å². The van der Waals surface area contributed by atoms with E-state index in [1.165, 1.54) is 24.8 Å². The Balaban J connectivity index is 2.42. The van der Waals surface area contributed by atoms with Gasteiger partial charge in [0.15, 0.2) is 0 Å². The summed E-state index contributed by atoms with van der Waals surface area (Å²) in [5.74, 6) is 0. The maximum Gasteiger partial charge on any atom is 0.0258 e. The average Bonchev–Trinajstić information content (AvgIpc) is 2.32. The molecule has 1 rings (SSSR count). The van der Waals surface area contributed by atoms with Gasteiger partial charge in [-0.1, -0.05) is 32.4 Å². The second-order valence-electron chi connectivity index (χ2n) is 5.04. The van der Waals surface area contributed by atoms with Gasteiger partial charge in [0, 0.05) is 6.04 Å². The van der Waals surface area contributed by atoms with E-state index in [4.69, 9.17) is 5.73 Å². The second-order valence-corrected chi connectivity index (χ2v) is 5.04. The fraction of sp³-hybridized carbons (Fsp3) is 0.818. The number of rotatable bonds is 2. The van der Waals surface area contributed by atoms with E-state index in [2.05, 4.69) is 26.8 Å². The van der Waals surface area contributed by atoms with Crippen LogP contribution in [0.5, 0.6) is 0 Å². The highest BCUT2D eigenvalue weighted by Crippen LogP contribution is 2.27. The quantitative estimate of drug-likeness (QED) is 0.629. The van der Waals surface area contributed by atoms with E-state index in [9.17, 15) is 0 Å². The SMILES string of the molecule is CC(C)(C)CC(N)C1=CCCC1. The molecule has 2 N–H and O–H groups in total. The minimum absolute atomic E-state index is 0.312. The number of hydrogen-bond acceptors (Lipinski definition) is 1. The van der Waals surface area contributed by atoms with Crippen molar-refractivity contribution in [3.05, 3.63) is 11.6 Å². The molecule has 0 radical (unpaired) electrons. The predicted octanol–water partition coefficient (Wildman–Crippen LogP) is 2.86. The molecule has 70 valence electrons. The number of allylic oxidation sites excluding steroid dienone is 1. The summed E-state index contributed by atoms with van der Waals surface area (Å²) in [5.41, 5.74) is 7.95. The van der Waals surface area contributed by atoms with Crippen molar-refractivity contribution in [1.29, 1.82) is 0 Å². The molecule has 0 bridgehead atoms. The van der Waals surface area contributed by atoms with Crippen molar-refractivity contribution < 1.29 is 0 Å². The number of hydrogen-bond donors (Lipinski definition) is 1. The maximum absolute atomic E-state index is 6.10. The Morgan fingerprint density at radius 3 is 2.58 bits per heavy atom. The molecule has 1 aliphatic carbocycles. The van der Waals surface area contributed by atoms with Crippen LogP contribution in [-0.4, -0.2) is 6.04 Å². The van der Waals surface area contributed by atoms with Crippen LogP contribution in [0, 0.1) is 5.41 Å². The van der Waals surface area contributed by atoms with Gasteiger partial charge in [0.2, 0.25) is 0 Å². The van der Waals surface area contributed by atoms with E-state index in [0.29, 0.717) is 11.5 Å². The second kappa shape index (κ2) is 3.61. The molecule has 0 heterocycles. The summed E-state index contributed by atoms with van der Waals surface area (Å²) < 4.78 is 0. The van der Waals surface area contributed by atoms with Gasteiger partial charge in [0.05, 0.1) is 0 Å². The lowest BCUT2D eigenvalue weighted by atomic mass is 9.85. The first-order valence-corrected chi connectivity index (χ1v) is 4.93. The molecular weight excluding hydrogens is 146 g/mol. The molecule has 0 spiro atoms. The van der Waals surface area contributed by atoms with Crippen molar-refractivity contribution >= 4 is 0 Å². The van der Waals surface area contributed by atoms with Crippen LogP contribution >= 0.6 is 0 Å². The highest BCUT2D eigenvalue weighted by molar-refractivity contribution is 5.14. The van der Waals surface area contributed by atoms with Crippen LogP contribution in [0.25, 0.3) is 0 Å². The van der Waals surface area contributed by atoms with E-state index < -0.39 is 0 Å². The summed E-state index contributed by atoms with van der Waals surface area (Å²) in [7, 11) is 0. The summed E-state index contributed by atoms with van der Waals surface area (Å²) >= 11 is 0. The summed E-state index contributed by atoms with van der Waals surface area (Å²) in [4.78, 5) is 0. The molecular formula is C11H21N. The van der Waals surface area contributed by atoms with Crippen LogP contribution in [0.4, 0.5) is 0 Å². The molecule has 0 saturated carbocycles. The van der Waals surface area contributed by atoms with Crippen molar-refractivity contribution in [1.82, 2.24) is 0 Å². The Hall–Kier alpha value is -0.300. The lowest BCUT2D eigenvalue weighted by Crippen LogP contribution is -2.27. The molecule has 1 nitrogen and oxygen atoms in total. The van der Waals surface area contributed by atoms with E-state index >= 15 is 0 Å². The zero-order valence-corrected chi connectivity index (χ0v) is 8.56. The lowest BCUT2D eigenvalue weighted by molar-refractivity contribution is 0.353. The van der Waals surface area contributed by atoms with Gasteiger partial charge in [-0.05, 0) is 31.1 Å². The third kappa shape index (κ3) is 2.98. The zero-order chi connectivity index (χ0) is 9.19. The minimum Gasteiger partial charge on any atom is -0.324 e. The van der Waals surface area contributed by atoms with Gasteiger partial charge in [0.1, 0.15) is 0 Å². The molecule has 1 aliphatic rings. The first-order valence-electron chi connectivity index (χ1n) is 4.93. The summed E-state index contributed by atoms with van der Waals surface area (Å²) in [6.07, 6.45) is 7.23. The van der Waals surface area contributed by atoms with Crippen LogP contribution in [0.1, 0.15) is 46.5 Å². The largest absolute Gasteiger partial charge is 0.324 e. The van der Waals surface area contributed by atoms with Crippen LogP contribution in [0.15, 0.2) is 11.6 Å². The Kier molecular flexibility index (Phi) is 2.94. The van der Waals surface area contributed by atoms with E-state index in [-0.39, 0.29) is 0 Å². The summed E-state index contributed by atoms with van der Waals surface area (Å²) in [6.45, 7) is 6.76. The van der Waals surface area contributed by atoms with Gasteiger partial charge in [-0.3, -0.25) is 0 Å². The summed E-state index contributed by atoms with van der Waals surface area (Å²) in [5, 5.41) is 0. The predicted molar refractivity (Wildman–Crippen MR) is 54.0 cm³/mol. The first-order chi connectivity index (χ1) is 5.49. The van der Waals surface area contributed by atoms with E-state index in [1.807, 2.05) is 0 Å². The van der Waals surface area contributed by atoms with Gasteiger partial charge < -0.3 is 5.73 Å². The van der Waals surface area contributed by atoms with Gasteiger partial charge in [-0.25, -0.2) is 0 Å². The third-order valence-electron chi connectivity index (χ3n) is 2.38. The lowest BCUT2D eigenvalue weighted by Gasteiger charge is -2.23. The zero-order valence-electron chi connectivity index (χ0n) is 8.56. The molecule has 0 aromatic heterocycles. The Labute approximate surface area is 76.0 Å². The average molecular weight is 167 g/mol. The summed E-state index contributed by atoms with van der Waals surface area (Å²) in [6, 6.07) is 0.312. The highest BCUT2D eigenvalue weighted by atomic mass is 14.6. The van der Waals surface area contributed by atoms with Crippen LogP contribution in [-0.2, 0) is 0 Å². The molecule has 0 amide bonds. The number of nitrogens with two attached hydrogens (primary N) is 1. The highest BCUT2D eigenvalue weighted by Gasteiger charge is 2.19. The van der Waals surface area contributed by atoms with Crippen molar-refractivity contribution in [2.24, 2.45) is 11.1 Å². The van der Waals surface area contributed by atoms with E-state index in [0.717, 1.165) is 6.42 Å². The third-order valence-corrected chi connectivity index (χ3v) is 2.38. The molecule has 1 unspecified atom stereocenters. The standard InChI is InChI=1S/C11H21N/c1-11(2,3)8-10(12)9-6-4-5-7-9/h6,10H,4-5,7-8,12H2,1-3H3. The molecule has 0 fully saturated rings. The molecule has 1 atom stereocenters. The Morgan fingerprint density at radius 1 is 1.50 bits per heavy atom. The van der Waals surface area contributed by atoms with Crippen molar-refractivity contribution in [3.63, 3.8) is 0 Å². The van der Waals surface area contributed by atoms with Crippen molar-refractivity contribution in [2.45, 2.75) is 52.5 Å². The van der Waals surface area contributed by atoms with Crippen molar-refractivity contribution in [3.8, 4) is 0 Å². The molecule has 1 heteroatoms. The topological polar surface area (TPSA) is 26.0 Å². The van der Waals surface area contributed by atoms with Gasteiger partial charge in [-0.2, -0.15) is 0 Å². The Morgan fingerprint density at radius 2 is 2.17 bits per heavy atom. The molecule has 0 aromatic carbocycles. The monoisotopic (exact) mass is 167 g/mol. The van der Waals surface area contributed by atoms with Gasteiger partial charge in [0.25, 0.3) is 0 Å². The first kappa shape index (κ1) is 9.79. The van der Waals surface area contributed by atoms with Crippen LogP contribution < -0.4 is 5.73 Å². The van der Waals surface area contributed by atoms with Crippen LogP contribution in [0.3, 0.4) is 0 Å². The normalized spacial score (nSPS) is 20.8. The molecule has 0 aliphatic heterocycles. The molecule has 0 aromatic rings. The Bertz CT molecular complexity index is 174. The minimum atomic E-state index is 0.312. The fourth-order valence-electron chi connectivity index (χ4n) is 1.82. The smallest absolute Gasteiger partial charge is 0.0258 e. The maximum atomic E-state index is 6.10.